The number of ketones is 2. The van der Waals surface area contributed by atoms with Crippen LogP contribution in [-0.2, 0) is 19.2 Å². The standard InChI is InChI=1S/C31H26N2O9/c1-14-9-22(35)26-21(29(14)36)13-20-18(27(26)28-23(41-2)11-17(34)12-24(28)42-3)7-8-19-25(20)31(38)32(30(19)37)15-5-4-6-16(10-15)33(39)40/h4-7,9-12,19-20,25,27,34H,8,13H2,1-3H3/t19-,20+,25-,27-/m0/s1. The van der Waals surface area contributed by atoms with Gasteiger partial charge < -0.3 is 14.6 Å². The zero-order valence-corrected chi connectivity index (χ0v) is 23.0. The smallest absolute Gasteiger partial charge is 0.271 e. The molecule has 214 valence electrons. The van der Waals surface area contributed by atoms with E-state index < -0.39 is 40.4 Å². The van der Waals surface area contributed by atoms with E-state index in [2.05, 4.69) is 0 Å². The molecule has 2 aromatic carbocycles. The van der Waals surface area contributed by atoms with Gasteiger partial charge in [0.25, 0.3) is 5.69 Å². The maximum Gasteiger partial charge on any atom is 0.271 e. The topological polar surface area (TPSA) is 153 Å². The number of hydrogen-bond donors (Lipinski definition) is 1. The van der Waals surface area contributed by atoms with Gasteiger partial charge in [0, 0.05) is 52.5 Å². The van der Waals surface area contributed by atoms with Crippen LogP contribution in [0.1, 0.15) is 31.2 Å². The Labute approximate surface area is 239 Å². The fourth-order valence-electron chi connectivity index (χ4n) is 6.92. The number of fused-ring (bicyclic) bond motifs is 3. The molecule has 2 aromatic rings. The number of amides is 2. The minimum absolute atomic E-state index is 0.0686. The van der Waals surface area contributed by atoms with E-state index in [0.29, 0.717) is 11.1 Å². The Morgan fingerprint density at radius 2 is 1.69 bits per heavy atom. The van der Waals surface area contributed by atoms with Gasteiger partial charge in [-0.1, -0.05) is 17.7 Å². The monoisotopic (exact) mass is 570 g/mol. The van der Waals surface area contributed by atoms with Gasteiger partial charge in [0.05, 0.1) is 36.7 Å². The number of nitrogens with zero attached hydrogens (tertiary/aromatic N) is 2. The van der Waals surface area contributed by atoms with E-state index in [4.69, 9.17) is 9.47 Å². The van der Waals surface area contributed by atoms with Crippen LogP contribution in [0.5, 0.6) is 17.2 Å². The number of rotatable bonds is 5. The SMILES string of the molecule is COc1cc(O)cc(OC)c1[C@H]1C2=CC[C@@H]3C(=O)N(c4cccc([N+](=O)[O-])c4)C(=O)[C@@H]3[C@@H]2CC2=C1C(=O)C=C(C)C2=O. The third-order valence-electron chi connectivity index (χ3n) is 8.68. The van der Waals surface area contributed by atoms with Crippen molar-refractivity contribution in [2.75, 3.05) is 19.1 Å². The first-order valence-corrected chi connectivity index (χ1v) is 13.3. The number of benzene rings is 2. The summed E-state index contributed by atoms with van der Waals surface area (Å²) in [5.74, 6) is -4.42. The van der Waals surface area contributed by atoms with Gasteiger partial charge in [-0.2, -0.15) is 0 Å². The average Bonchev–Trinajstić information content (AvgIpc) is 3.23. The summed E-state index contributed by atoms with van der Waals surface area (Å²) in [6.45, 7) is 1.56. The number of imide groups is 1. The summed E-state index contributed by atoms with van der Waals surface area (Å²) < 4.78 is 11.2. The lowest BCUT2D eigenvalue weighted by Crippen LogP contribution is -2.40. The molecule has 0 aromatic heterocycles. The van der Waals surface area contributed by atoms with E-state index in [0.717, 1.165) is 4.90 Å². The zero-order valence-electron chi connectivity index (χ0n) is 23.0. The van der Waals surface area contributed by atoms with Crippen molar-refractivity contribution in [1.29, 1.82) is 0 Å². The first kappa shape index (κ1) is 27.1. The summed E-state index contributed by atoms with van der Waals surface area (Å²) in [6.07, 6.45) is 3.40. The highest BCUT2D eigenvalue weighted by molar-refractivity contribution is 6.25. The van der Waals surface area contributed by atoms with Crippen LogP contribution in [0.4, 0.5) is 11.4 Å². The molecule has 4 atom stereocenters. The predicted octanol–water partition coefficient (Wildman–Crippen LogP) is 3.95. The summed E-state index contributed by atoms with van der Waals surface area (Å²) in [5, 5.41) is 21.7. The van der Waals surface area contributed by atoms with Crippen LogP contribution in [0, 0.1) is 27.9 Å². The number of carbonyl (C=O) groups is 4. The van der Waals surface area contributed by atoms with Crippen LogP contribution < -0.4 is 14.4 Å². The second-order valence-corrected chi connectivity index (χ2v) is 10.8. The summed E-state index contributed by atoms with van der Waals surface area (Å²) in [4.78, 5) is 66.5. The number of ether oxygens (including phenoxy) is 2. The summed E-state index contributed by atoms with van der Waals surface area (Å²) in [6, 6.07) is 8.13. The van der Waals surface area contributed by atoms with Crippen molar-refractivity contribution in [1.82, 2.24) is 0 Å². The molecule has 42 heavy (non-hydrogen) atoms. The molecule has 0 spiro atoms. The molecule has 1 N–H and O–H groups in total. The van der Waals surface area contributed by atoms with Gasteiger partial charge in [0.1, 0.15) is 17.2 Å². The van der Waals surface area contributed by atoms with Gasteiger partial charge in [-0.3, -0.25) is 29.3 Å². The van der Waals surface area contributed by atoms with Crippen LogP contribution in [-0.4, -0.2) is 47.6 Å². The number of hydrogen-bond acceptors (Lipinski definition) is 9. The highest BCUT2D eigenvalue weighted by Gasteiger charge is 2.57. The third-order valence-corrected chi connectivity index (χ3v) is 8.68. The quantitative estimate of drug-likeness (QED) is 0.185. The first-order chi connectivity index (χ1) is 20.1. The van der Waals surface area contributed by atoms with E-state index in [1.165, 1.54) is 56.7 Å². The van der Waals surface area contributed by atoms with Crippen LogP contribution >= 0.6 is 0 Å². The predicted molar refractivity (Wildman–Crippen MR) is 148 cm³/mol. The second kappa shape index (κ2) is 9.79. The maximum absolute atomic E-state index is 14.0. The van der Waals surface area contributed by atoms with Crippen molar-refractivity contribution in [2.24, 2.45) is 17.8 Å². The fraction of sp³-hybridized carbons (Fsp3) is 0.290. The van der Waals surface area contributed by atoms with E-state index in [9.17, 15) is 34.4 Å². The lowest BCUT2D eigenvalue weighted by Gasteiger charge is -2.42. The molecule has 11 heteroatoms. The van der Waals surface area contributed by atoms with Crippen LogP contribution in [0.25, 0.3) is 0 Å². The number of phenols is 1. The highest BCUT2D eigenvalue weighted by atomic mass is 16.6. The Bertz CT molecular complexity index is 1690. The van der Waals surface area contributed by atoms with Gasteiger partial charge in [-0.25, -0.2) is 4.90 Å². The number of Topliss-reactive ketones (excluding diaryl/α,β-unsaturated/α-hetero) is 1. The zero-order chi connectivity index (χ0) is 30.0. The number of aromatic hydroxyl groups is 1. The Balaban J connectivity index is 1.53. The molecule has 6 rings (SSSR count). The molecule has 11 nitrogen and oxygen atoms in total. The maximum atomic E-state index is 14.0. The van der Waals surface area contributed by atoms with Crippen molar-refractivity contribution < 1.29 is 38.7 Å². The van der Waals surface area contributed by atoms with E-state index in [1.54, 1.807) is 6.92 Å². The van der Waals surface area contributed by atoms with Crippen LogP contribution in [0.3, 0.4) is 0 Å². The molecule has 0 saturated carbocycles. The number of nitro benzene ring substituents is 1. The highest BCUT2D eigenvalue weighted by Crippen LogP contribution is 2.58. The summed E-state index contributed by atoms with van der Waals surface area (Å²) in [7, 11) is 2.82. The molecule has 2 amide bonds. The number of phenolic OH excluding ortho intramolecular Hbond substituents is 1. The van der Waals surface area contributed by atoms with E-state index in [1.807, 2.05) is 6.08 Å². The second-order valence-electron chi connectivity index (χ2n) is 10.8. The van der Waals surface area contributed by atoms with Crippen molar-refractivity contribution in [3.8, 4) is 17.2 Å². The van der Waals surface area contributed by atoms with E-state index >= 15 is 0 Å². The molecule has 4 aliphatic rings. The summed E-state index contributed by atoms with van der Waals surface area (Å²) in [5.41, 5.74) is 1.73. The number of allylic oxidation sites excluding steroid dienone is 6. The van der Waals surface area contributed by atoms with Crippen molar-refractivity contribution in [3.63, 3.8) is 0 Å². The number of carbonyl (C=O) groups excluding carboxylic acids is 4. The molecule has 3 aliphatic carbocycles. The van der Waals surface area contributed by atoms with Crippen molar-refractivity contribution in [3.05, 3.63) is 86.5 Å². The molecule has 0 radical (unpaired) electrons. The van der Waals surface area contributed by atoms with Gasteiger partial charge in [-0.05, 0) is 37.8 Å². The molecular weight excluding hydrogens is 544 g/mol. The number of methoxy groups -OCH3 is 2. The van der Waals surface area contributed by atoms with Gasteiger partial charge in [-0.15, -0.1) is 0 Å². The third kappa shape index (κ3) is 3.87. The Hall–Kier alpha value is -5.06. The van der Waals surface area contributed by atoms with Gasteiger partial charge >= 0.3 is 0 Å². The van der Waals surface area contributed by atoms with Crippen LogP contribution in [0.2, 0.25) is 0 Å². The van der Waals surface area contributed by atoms with Crippen molar-refractivity contribution in [2.45, 2.75) is 25.7 Å². The number of nitro groups is 1. The Kier molecular flexibility index (Phi) is 6.32. The Morgan fingerprint density at radius 3 is 2.33 bits per heavy atom. The normalized spacial score (nSPS) is 25.0. The van der Waals surface area contributed by atoms with Crippen molar-refractivity contribution >= 4 is 34.8 Å². The Morgan fingerprint density at radius 1 is 1.00 bits per heavy atom. The average molecular weight is 571 g/mol. The minimum Gasteiger partial charge on any atom is -0.508 e. The first-order valence-electron chi connectivity index (χ1n) is 13.3. The lowest BCUT2D eigenvalue weighted by molar-refractivity contribution is -0.384. The molecule has 0 unspecified atom stereocenters. The van der Waals surface area contributed by atoms with E-state index in [-0.39, 0.29) is 69.8 Å². The molecule has 1 saturated heterocycles. The molecule has 1 aliphatic heterocycles. The summed E-state index contributed by atoms with van der Waals surface area (Å²) >= 11 is 0. The number of non-ortho nitro benzene ring substituents is 1. The fourth-order valence-corrected chi connectivity index (χ4v) is 6.92. The molecular formula is C31H26N2O9. The molecule has 1 fully saturated rings. The van der Waals surface area contributed by atoms with Gasteiger partial charge in [0.15, 0.2) is 11.6 Å². The minimum atomic E-state index is -0.864. The largest absolute Gasteiger partial charge is 0.508 e. The molecule has 0 bridgehead atoms. The lowest BCUT2D eigenvalue weighted by atomic mass is 9.59. The molecule has 1 heterocycles. The van der Waals surface area contributed by atoms with Gasteiger partial charge in [0.2, 0.25) is 11.8 Å². The number of anilines is 1. The van der Waals surface area contributed by atoms with Crippen LogP contribution in [0.15, 0.2) is 70.8 Å².